The summed E-state index contributed by atoms with van der Waals surface area (Å²) < 4.78 is 4.55. The fraction of sp³-hybridized carbons (Fsp3) is 0.526. The van der Waals surface area contributed by atoms with Crippen LogP contribution >= 0.6 is 0 Å². The summed E-state index contributed by atoms with van der Waals surface area (Å²) in [5, 5.41) is 0. The number of rotatable bonds is 6. The molecule has 0 N–H and O–H groups in total. The van der Waals surface area contributed by atoms with E-state index in [1.165, 1.54) is 18.2 Å². The van der Waals surface area contributed by atoms with Crippen molar-refractivity contribution in [3.05, 3.63) is 35.4 Å². The third-order valence-electron chi connectivity index (χ3n) is 4.63. The first-order valence-electron chi connectivity index (χ1n) is 8.68. The van der Waals surface area contributed by atoms with E-state index in [2.05, 4.69) is 23.8 Å². The topological polar surface area (TPSA) is 66.9 Å². The monoisotopic (exact) mass is 346 g/mol. The first-order valence-corrected chi connectivity index (χ1v) is 8.68. The molecule has 2 amide bonds. The van der Waals surface area contributed by atoms with E-state index in [0.717, 1.165) is 6.42 Å². The minimum absolute atomic E-state index is 0.0580. The van der Waals surface area contributed by atoms with Gasteiger partial charge in [0.15, 0.2) is 0 Å². The van der Waals surface area contributed by atoms with E-state index in [1.807, 2.05) is 17.0 Å². The maximum atomic E-state index is 12.4. The number of ether oxygens (including phenoxy) is 1. The van der Waals surface area contributed by atoms with Gasteiger partial charge in [0.25, 0.3) is 0 Å². The van der Waals surface area contributed by atoms with Gasteiger partial charge >= 0.3 is 5.97 Å². The Labute approximate surface area is 148 Å². The number of amides is 2. The SMILES string of the molecule is COC(=O)CCC(=O)N1CCN(C(=O)CCc2ccccc2C)CC1. The molecule has 2 rings (SSSR count). The van der Waals surface area contributed by atoms with Gasteiger partial charge in [-0.1, -0.05) is 24.3 Å². The predicted molar refractivity (Wildman–Crippen MR) is 93.9 cm³/mol. The quantitative estimate of drug-likeness (QED) is 0.733. The molecule has 6 nitrogen and oxygen atoms in total. The summed E-state index contributed by atoms with van der Waals surface area (Å²) in [6.07, 6.45) is 1.49. The highest BCUT2D eigenvalue weighted by molar-refractivity contribution is 5.82. The summed E-state index contributed by atoms with van der Waals surface area (Å²) in [6.45, 7) is 4.21. The largest absolute Gasteiger partial charge is 0.469 e. The standard InChI is InChI=1S/C19H26N2O4/c1-15-5-3-4-6-16(15)7-8-17(22)20-11-13-21(14-12-20)18(23)9-10-19(24)25-2/h3-6H,7-14H2,1-2H3. The summed E-state index contributed by atoms with van der Waals surface area (Å²) in [7, 11) is 1.31. The number of methoxy groups -OCH3 is 1. The normalized spacial score (nSPS) is 14.3. The molecule has 25 heavy (non-hydrogen) atoms. The molecule has 1 aliphatic rings. The number of carbonyl (C=O) groups is 3. The van der Waals surface area contributed by atoms with Gasteiger partial charge in [-0.15, -0.1) is 0 Å². The molecular weight excluding hydrogens is 320 g/mol. The highest BCUT2D eigenvalue weighted by atomic mass is 16.5. The molecule has 0 aromatic heterocycles. The minimum Gasteiger partial charge on any atom is -0.469 e. The third-order valence-corrected chi connectivity index (χ3v) is 4.63. The average Bonchev–Trinajstić information content (AvgIpc) is 2.65. The highest BCUT2D eigenvalue weighted by Gasteiger charge is 2.24. The summed E-state index contributed by atoms with van der Waals surface area (Å²) in [5.41, 5.74) is 2.41. The molecule has 0 radical (unpaired) electrons. The second kappa shape index (κ2) is 9.20. The number of hydrogen-bond acceptors (Lipinski definition) is 4. The lowest BCUT2D eigenvalue weighted by atomic mass is 10.0. The molecule has 0 unspecified atom stereocenters. The Morgan fingerprint density at radius 2 is 1.48 bits per heavy atom. The van der Waals surface area contributed by atoms with Gasteiger partial charge in [-0.05, 0) is 24.5 Å². The first kappa shape index (κ1) is 19.0. The van der Waals surface area contributed by atoms with E-state index < -0.39 is 0 Å². The number of benzene rings is 1. The molecule has 1 saturated heterocycles. The Bertz CT molecular complexity index is 622. The van der Waals surface area contributed by atoms with Gasteiger partial charge in [0, 0.05) is 39.0 Å². The summed E-state index contributed by atoms with van der Waals surface area (Å²) >= 11 is 0. The van der Waals surface area contributed by atoms with Gasteiger partial charge in [-0.25, -0.2) is 0 Å². The fourth-order valence-corrected chi connectivity index (χ4v) is 2.96. The smallest absolute Gasteiger partial charge is 0.306 e. The Morgan fingerprint density at radius 1 is 0.920 bits per heavy atom. The van der Waals surface area contributed by atoms with E-state index in [4.69, 9.17) is 0 Å². The van der Waals surface area contributed by atoms with Crippen LogP contribution in [-0.4, -0.2) is 60.9 Å². The summed E-state index contributed by atoms with van der Waals surface area (Å²) in [5.74, 6) is -0.305. The summed E-state index contributed by atoms with van der Waals surface area (Å²) in [6, 6.07) is 8.10. The molecule has 136 valence electrons. The molecular formula is C19H26N2O4. The molecule has 6 heteroatoms. The highest BCUT2D eigenvalue weighted by Crippen LogP contribution is 2.12. The molecule has 0 bridgehead atoms. The maximum Gasteiger partial charge on any atom is 0.306 e. The van der Waals surface area contributed by atoms with Crippen LogP contribution in [0, 0.1) is 6.92 Å². The number of carbonyl (C=O) groups excluding carboxylic acids is 3. The van der Waals surface area contributed by atoms with Gasteiger partial charge in [0.05, 0.1) is 13.5 Å². The lowest BCUT2D eigenvalue weighted by Crippen LogP contribution is -2.50. The number of nitrogens with zero attached hydrogens (tertiary/aromatic N) is 2. The molecule has 0 saturated carbocycles. The van der Waals surface area contributed by atoms with E-state index in [9.17, 15) is 14.4 Å². The second-order valence-corrected chi connectivity index (χ2v) is 6.26. The van der Waals surface area contributed by atoms with Crippen LogP contribution in [0.4, 0.5) is 0 Å². The van der Waals surface area contributed by atoms with Crippen molar-refractivity contribution in [2.75, 3.05) is 33.3 Å². The van der Waals surface area contributed by atoms with Crippen molar-refractivity contribution in [1.29, 1.82) is 0 Å². The van der Waals surface area contributed by atoms with Crippen LogP contribution in [0.1, 0.15) is 30.4 Å². The van der Waals surface area contributed by atoms with E-state index in [-0.39, 0.29) is 30.6 Å². The van der Waals surface area contributed by atoms with Crippen molar-refractivity contribution in [3.63, 3.8) is 0 Å². The number of hydrogen-bond donors (Lipinski definition) is 0. The maximum absolute atomic E-state index is 12.4. The van der Waals surface area contributed by atoms with Crippen LogP contribution in [0.3, 0.4) is 0 Å². The number of esters is 1. The molecule has 1 aromatic carbocycles. The molecule has 1 fully saturated rings. The van der Waals surface area contributed by atoms with E-state index >= 15 is 0 Å². The van der Waals surface area contributed by atoms with Gasteiger partial charge in [-0.2, -0.15) is 0 Å². The second-order valence-electron chi connectivity index (χ2n) is 6.26. The van der Waals surface area contributed by atoms with Crippen LogP contribution in [0.25, 0.3) is 0 Å². The molecule has 0 atom stereocenters. The predicted octanol–water partition coefficient (Wildman–Crippen LogP) is 1.55. The Kier molecular flexibility index (Phi) is 6.98. The molecule has 1 heterocycles. The van der Waals surface area contributed by atoms with Gasteiger partial charge in [-0.3, -0.25) is 14.4 Å². The van der Waals surface area contributed by atoms with E-state index in [0.29, 0.717) is 32.6 Å². The fourth-order valence-electron chi connectivity index (χ4n) is 2.96. The lowest BCUT2D eigenvalue weighted by molar-refractivity contribution is -0.144. The molecule has 1 aromatic rings. The van der Waals surface area contributed by atoms with Crippen molar-refractivity contribution in [1.82, 2.24) is 9.80 Å². The van der Waals surface area contributed by atoms with Crippen LogP contribution in [0.15, 0.2) is 24.3 Å². The molecule has 1 aliphatic heterocycles. The van der Waals surface area contributed by atoms with Crippen LogP contribution in [0.2, 0.25) is 0 Å². The number of piperazine rings is 1. The minimum atomic E-state index is -0.377. The molecule has 0 spiro atoms. The van der Waals surface area contributed by atoms with Crippen molar-refractivity contribution in [3.8, 4) is 0 Å². The average molecular weight is 346 g/mol. The third kappa shape index (κ3) is 5.59. The van der Waals surface area contributed by atoms with E-state index in [1.54, 1.807) is 4.90 Å². The number of aryl methyl sites for hydroxylation is 2. The van der Waals surface area contributed by atoms with Crippen molar-refractivity contribution < 1.29 is 19.1 Å². The van der Waals surface area contributed by atoms with Crippen LogP contribution in [-0.2, 0) is 25.5 Å². The lowest BCUT2D eigenvalue weighted by Gasteiger charge is -2.35. The zero-order valence-electron chi connectivity index (χ0n) is 15.0. The van der Waals surface area contributed by atoms with Crippen LogP contribution in [0.5, 0.6) is 0 Å². The Hall–Kier alpha value is -2.37. The van der Waals surface area contributed by atoms with Crippen molar-refractivity contribution >= 4 is 17.8 Å². The Morgan fingerprint density at radius 3 is 2.04 bits per heavy atom. The molecule has 0 aliphatic carbocycles. The van der Waals surface area contributed by atoms with Crippen LogP contribution < -0.4 is 0 Å². The summed E-state index contributed by atoms with van der Waals surface area (Å²) in [4.78, 5) is 39.1. The Balaban J connectivity index is 1.74. The van der Waals surface area contributed by atoms with Gasteiger partial charge in [0.1, 0.15) is 0 Å². The van der Waals surface area contributed by atoms with Crippen molar-refractivity contribution in [2.24, 2.45) is 0 Å². The van der Waals surface area contributed by atoms with Gasteiger partial charge < -0.3 is 14.5 Å². The zero-order valence-corrected chi connectivity index (χ0v) is 15.0. The zero-order chi connectivity index (χ0) is 18.2. The van der Waals surface area contributed by atoms with Gasteiger partial charge in [0.2, 0.25) is 11.8 Å². The first-order chi connectivity index (χ1) is 12.0. The van der Waals surface area contributed by atoms with Crippen molar-refractivity contribution in [2.45, 2.75) is 32.6 Å².